The van der Waals surface area contributed by atoms with Crippen molar-refractivity contribution < 1.29 is 18.4 Å². The number of aromatic amines is 1. The highest BCUT2D eigenvalue weighted by molar-refractivity contribution is 5.84. The summed E-state index contributed by atoms with van der Waals surface area (Å²) in [6.45, 7) is 2.48. The van der Waals surface area contributed by atoms with Gasteiger partial charge in [0.15, 0.2) is 0 Å². The van der Waals surface area contributed by atoms with Gasteiger partial charge in [-0.2, -0.15) is 0 Å². The molecule has 1 N–H and O–H groups in total. The SMILES string of the molecule is CC(c1cn(Cc2ccc(F)cc2F)c2ccccc12)[n+]1cc[nH]c1.O=[N+]([O-])[O-]. The monoisotopic (exact) mass is 400 g/mol. The van der Waals surface area contributed by atoms with Gasteiger partial charge in [0.2, 0.25) is 6.33 Å². The van der Waals surface area contributed by atoms with Gasteiger partial charge in [-0.15, -0.1) is 0 Å². The van der Waals surface area contributed by atoms with Crippen LogP contribution in [0.3, 0.4) is 0 Å². The first kappa shape index (κ1) is 20.0. The molecule has 4 rings (SSSR count). The maximum atomic E-state index is 14.1. The number of halogens is 2. The molecule has 0 aliphatic carbocycles. The summed E-state index contributed by atoms with van der Waals surface area (Å²) in [7, 11) is 0. The fourth-order valence-corrected chi connectivity index (χ4v) is 3.28. The zero-order valence-electron chi connectivity index (χ0n) is 15.5. The third-order valence-corrected chi connectivity index (χ3v) is 4.64. The summed E-state index contributed by atoms with van der Waals surface area (Å²) in [5, 5.41) is 15.9. The van der Waals surface area contributed by atoms with Gasteiger partial charge >= 0.3 is 0 Å². The summed E-state index contributed by atoms with van der Waals surface area (Å²) in [5.41, 5.74) is 2.66. The van der Waals surface area contributed by atoms with E-state index in [-0.39, 0.29) is 6.04 Å². The molecule has 2 heterocycles. The molecule has 1 unspecified atom stereocenters. The molecule has 0 saturated heterocycles. The number of fused-ring (bicyclic) bond motifs is 1. The van der Waals surface area contributed by atoms with Gasteiger partial charge in [0, 0.05) is 34.3 Å². The van der Waals surface area contributed by atoms with Crippen molar-refractivity contribution in [1.29, 1.82) is 0 Å². The molecular weight excluding hydrogens is 382 g/mol. The lowest BCUT2D eigenvalue weighted by molar-refractivity contribution is -0.709. The zero-order valence-corrected chi connectivity index (χ0v) is 15.5. The smallest absolute Gasteiger partial charge is 0.242 e. The second-order valence-electron chi connectivity index (χ2n) is 6.42. The van der Waals surface area contributed by atoms with E-state index < -0.39 is 16.7 Å². The van der Waals surface area contributed by atoms with Crippen molar-refractivity contribution >= 4 is 10.9 Å². The van der Waals surface area contributed by atoms with Crippen molar-refractivity contribution in [3.05, 3.63) is 105 Å². The van der Waals surface area contributed by atoms with E-state index in [1.807, 2.05) is 41.5 Å². The molecule has 0 aliphatic rings. The molecule has 4 aromatic rings. The Hall–Kier alpha value is -3.75. The van der Waals surface area contributed by atoms with Crippen LogP contribution in [-0.4, -0.2) is 14.6 Å². The number of nitrogens with zero attached hydrogens (tertiary/aromatic N) is 3. The molecule has 0 radical (unpaired) electrons. The van der Waals surface area contributed by atoms with Crippen molar-refractivity contribution in [2.45, 2.75) is 19.5 Å². The first-order chi connectivity index (χ1) is 13.9. The van der Waals surface area contributed by atoms with Crippen LogP contribution in [-0.2, 0) is 6.54 Å². The Morgan fingerprint density at radius 2 is 1.93 bits per heavy atom. The van der Waals surface area contributed by atoms with Crippen molar-refractivity contribution in [3.8, 4) is 0 Å². The van der Waals surface area contributed by atoms with E-state index in [0.29, 0.717) is 12.1 Å². The van der Waals surface area contributed by atoms with Crippen molar-refractivity contribution in [1.82, 2.24) is 9.55 Å². The Kier molecular flexibility index (Phi) is 5.87. The van der Waals surface area contributed by atoms with Gasteiger partial charge in [-0.25, -0.2) is 13.3 Å². The van der Waals surface area contributed by atoms with Crippen LogP contribution < -0.4 is 4.57 Å². The number of hydrogen-bond donors (Lipinski definition) is 1. The minimum Gasteiger partial charge on any atom is -0.356 e. The second-order valence-corrected chi connectivity index (χ2v) is 6.42. The molecule has 0 spiro atoms. The summed E-state index contributed by atoms with van der Waals surface area (Å²) in [6, 6.07) is 11.9. The third kappa shape index (κ3) is 4.57. The number of para-hydroxylation sites is 1. The molecule has 0 bridgehead atoms. The van der Waals surface area contributed by atoms with E-state index in [9.17, 15) is 8.78 Å². The molecule has 2 aromatic heterocycles. The second kappa shape index (κ2) is 8.51. The zero-order chi connectivity index (χ0) is 21.0. The molecule has 150 valence electrons. The van der Waals surface area contributed by atoms with Crippen LogP contribution in [0.5, 0.6) is 0 Å². The number of rotatable bonds is 4. The van der Waals surface area contributed by atoms with E-state index in [2.05, 4.69) is 28.7 Å². The lowest BCUT2D eigenvalue weighted by Crippen LogP contribution is -2.35. The van der Waals surface area contributed by atoms with Crippen LogP contribution in [0.1, 0.15) is 24.1 Å². The van der Waals surface area contributed by atoms with Gasteiger partial charge in [0.25, 0.3) is 0 Å². The van der Waals surface area contributed by atoms with Gasteiger partial charge < -0.3 is 19.9 Å². The largest absolute Gasteiger partial charge is 0.356 e. The number of nitrogens with one attached hydrogen (secondary N) is 1. The van der Waals surface area contributed by atoms with Crippen molar-refractivity contribution in [2.24, 2.45) is 0 Å². The van der Waals surface area contributed by atoms with Crippen LogP contribution >= 0.6 is 0 Å². The minimum atomic E-state index is -1.75. The normalized spacial score (nSPS) is 11.7. The predicted molar refractivity (Wildman–Crippen MR) is 103 cm³/mol. The van der Waals surface area contributed by atoms with Gasteiger partial charge in [0.1, 0.15) is 30.1 Å². The van der Waals surface area contributed by atoms with Crippen LogP contribution in [0.15, 0.2) is 67.4 Å². The van der Waals surface area contributed by atoms with Crippen LogP contribution in [0.4, 0.5) is 8.78 Å². The Labute approximate surface area is 164 Å². The standard InChI is InChI=1S/C20H17F2N3.NO3/c1-14(24-9-8-23-13-24)18-12-25(20-5-3-2-4-17(18)20)11-15-6-7-16(21)10-19(15)22;2-1(3)4/h2-10,12-14H,11H2,1H3;/q;-1/p+1. The average molecular weight is 400 g/mol. The molecule has 0 saturated carbocycles. The van der Waals surface area contributed by atoms with Crippen LogP contribution in [0, 0.1) is 27.0 Å². The van der Waals surface area contributed by atoms with Crippen molar-refractivity contribution in [2.75, 3.05) is 0 Å². The Morgan fingerprint density at radius 3 is 2.59 bits per heavy atom. The predicted octanol–water partition coefficient (Wildman–Crippen LogP) is 3.95. The van der Waals surface area contributed by atoms with Gasteiger partial charge in [-0.3, -0.25) is 4.98 Å². The van der Waals surface area contributed by atoms with Gasteiger partial charge in [-0.05, 0) is 19.1 Å². The quantitative estimate of drug-likeness (QED) is 0.319. The number of H-pyrrole nitrogens is 1. The highest BCUT2D eigenvalue weighted by Crippen LogP contribution is 2.27. The highest BCUT2D eigenvalue weighted by atomic mass is 19.1. The maximum Gasteiger partial charge on any atom is 0.242 e. The molecule has 9 heteroatoms. The molecule has 1 atom stereocenters. The van der Waals surface area contributed by atoms with Gasteiger partial charge in [-0.1, -0.05) is 24.3 Å². The first-order valence-electron chi connectivity index (χ1n) is 8.73. The Morgan fingerprint density at radius 1 is 1.21 bits per heavy atom. The number of imidazole rings is 1. The lowest BCUT2D eigenvalue weighted by atomic mass is 10.1. The topological polar surface area (TPSA) is 90.8 Å². The van der Waals surface area contributed by atoms with E-state index in [4.69, 9.17) is 15.3 Å². The Balaban J connectivity index is 0.000000552. The van der Waals surface area contributed by atoms with Crippen LogP contribution in [0.2, 0.25) is 0 Å². The Bertz CT molecular complexity index is 1120. The minimum absolute atomic E-state index is 0.135. The summed E-state index contributed by atoms with van der Waals surface area (Å²) in [6.07, 6.45) is 7.83. The molecule has 29 heavy (non-hydrogen) atoms. The van der Waals surface area contributed by atoms with E-state index >= 15 is 0 Å². The van der Waals surface area contributed by atoms with Crippen LogP contribution in [0.25, 0.3) is 10.9 Å². The number of hydrogen-bond acceptors (Lipinski definition) is 3. The first-order valence-corrected chi connectivity index (χ1v) is 8.73. The average Bonchev–Trinajstić information content (AvgIpc) is 3.32. The summed E-state index contributed by atoms with van der Waals surface area (Å²) >= 11 is 0. The molecule has 2 aromatic carbocycles. The fraction of sp³-hybridized carbons (Fsp3) is 0.150. The third-order valence-electron chi connectivity index (χ3n) is 4.64. The molecular formula is C20H18F2N4O3. The number of aromatic nitrogens is 3. The summed E-state index contributed by atoms with van der Waals surface area (Å²) < 4.78 is 31.3. The van der Waals surface area contributed by atoms with Crippen molar-refractivity contribution in [3.63, 3.8) is 0 Å². The summed E-state index contributed by atoms with van der Waals surface area (Å²) in [5.74, 6) is -1.08. The van der Waals surface area contributed by atoms with E-state index in [1.165, 1.54) is 12.1 Å². The van der Waals surface area contributed by atoms with E-state index in [1.54, 1.807) is 0 Å². The molecule has 0 aliphatic heterocycles. The lowest BCUT2D eigenvalue weighted by Gasteiger charge is -2.07. The fourth-order valence-electron chi connectivity index (χ4n) is 3.28. The molecule has 0 amide bonds. The molecule has 7 nitrogen and oxygen atoms in total. The van der Waals surface area contributed by atoms with E-state index in [0.717, 1.165) is 22.5 Å². The summed E-state index contributed by atoms with van der Waals surface area (Å²) in [4.78, 5) is 11.3. The number of benzene rings is 2. The molecule has 0 fully saturated rings. The van der Waals surface area contributed by atoms with Gasteiger partial charge in [0.05, 0.1) is 11.6 Å². The maximum absolute atomic E-state index is 14.1. The highest BCUT2D eigenvalue weighted by Gasteiger charge is 2.19.